The van der Waals surface area contributed by atoms with Crippen LogP contribution in [-0.4, -0.2) is 27.9 Å². The number of alkyl halides is 3. The largest absolute Gasteiger partial charge is 0.573 e. The number of hydrogen-bond acceptors (Lipinski definition) is 4. The molecule has 0 saturated heterocycles. The molecule has 1 amide bonds. The predicted octanol–water partition coefficient (Wildman–Crippen LogP) is 5.14. The quantitative estimate of drug-likeness (QED) is 0.472. The van der Waals surface area contributed by atoms with Gasteiger partial charge in [0.25, 0.3) is 5.91 Å². The lowest BCUT2D eigenvalue weighted by molar-refractivity contribution is -0.274. The zero-order chi connectivity index (χ0) is 24.5. The number of amides is 1. The van der Waals surface area contributed by atoms with Gasteiger partial charge in [0.05, 0.1) is 5.52 Å². The van der Waals surface area contributed by atoms with Crippen LogP contribution in [0.25, 0.3) is 10.9 Å². The number of carbonyl (C=O) groups is 2. The minimum atomic E-state index is -4.87. The van der Waals surface area contributed by atoms with E-state index in [0.29, 0.717) is 24.1 Å². The summed E-state index contributed by atoms with van der Waals surface area (Å²) in [7, 11) is 0. The summed E-state index contributed by atoms with van der Waals surface area (Å²) in [5.41, 5.74) is 6.37. The number of nitrogens with zero attached hydrogens (tertiary/aromatic N) is 1. The second-order valence-electron chi connectivity index (χ2n) is 7.61. The molecular weight excluding hydrogens is 444 g/mol. The number of halogens is 4. The van der Waals surface area contributed by atoms with Gasteiger partial charge in [-0.05, 0) is 67.6 Å². The molecule has 0 aliphatic carbocycles. The lowest BCUT2D eigenvalue weighted by Gasteiger charge is -2.16. The molecule has 0 unspecified atom stereocenters. The number of carbonyl (C=O) groups excluding carboxylic acids is 2. The summed E-state index contributed by atoms with van der Waals surface area (Å²) >= 11 is 0. The molecule has 3 aromatic rings. The average molecular weight is 466 g/mol. The number of aromatic nitrogens is 1. The first kappa shape index (κ1) is 24.1. The van der Waals surface area contributed by atoms with Gasteiger partial charge in [-0.3, -0.25) is 14.2 Å². The Bertz CT molecular complexity index is 1200. The van der Waals surface area contributed by atoms with Crippen LogP contribution >= 0.6 is 0 Å². The van der Waals surface area contributed by atoms with Crippen LogP contribution in [0.4, 0.5) is 17.6 Å². The van der Waals surface area contributed by atoms with Gasteiger partial charge in [-0.1, -0.05) is 6.92 Å². The highest BCUT2D eigenvalue weighted by Gasteiger charge is 2.31. The smallest absolute Gasteiger partial charge is 0.505 e. The lowest BCUT2D eigenvalue weighted by Crippen LogP contribution is -2.17. The molecule has 0 aliphatic heterocycles. The lowest BCUT2D eigenvalue weighted by atomic mass is 9.89. The van der Waals surface area contributed by atoms with Crippen LogP contribution in [-0.2, 0) is 4.79 Å². The van der Waals surface area contributed by atoms with Crippen LogP contribution in [0.15, 0.2) is 36.4 Å². The van der Waals surface area contributed by atoms with Gasteiger partial charge in [-0.25, -0.2) is 4.39 Å². The summed E-state index contributed by atoms with van der Waals surface area (Å²) in [5.74, 6) is -3.42. The van der Waals surface area contributed by atoms with E-state index in [1.165, 1.54) is 22.8 Å². The van der Waals surface area contributed by atoms with E-state index in [1.807, 2.05) is 6.92 Å². The topological polar surface area (TPSA) is 94.6 Å². The predicted molar refractivity (Wildman–Crippen MR) is 113 cm³/mol. The molecule has 33 heavy (non-hydrogen) atoms. The van der Waals surface area contributed by atoms with E-state index in [0.717, 1.165) is 18.2 Å². The van der Waals surface area contributed by atoms with E-state index in [4.69, 9.17) is 5.73 Å². The van der Waals surface area contributed by atoms with Crippen molar-refractivity contribution in [3.8, 4) is 11.5 Å². The van der Waals surface area contributed by atoms with Crippen molar-refractivity contribution in [2.45, 2.75) is 45.4 Å². The van der Waals surface area contributed by atoms with E-state index >= 15 is 4.39 Å². The number of hydrogen-bond donors (Lipinski definition) is 2. The van der Waals surface area contributed by atoms with Crippen molar-refractivity contribution in [1.29, 1.82) is 0 Å². The first-order valence-corrected chi connectivity index (χ1v) is 10.2. The third kappa shape index (κ3) is 4.94. The first-order valence-electron chi connectivity index (χ1n) is 10.2. The number of benzene rings is 2. The van der Waals surface area contributed by atoms with Gasteiger partial charge in [0, 0.05) is 23.1 Å². The van der Waals surface area contributed by atoms with Crippen LogP contribution in [0.2, 0.25) is 0 Å². The summed E-state index contributed by atoms with van der Waals surface area (Å²) in [5, 5.41) is 9.99. The monoisotopic (exact) mass is 466 g/mol. The van der Waals surface area contributed by atoms with Crippen LogP contribution in [0.1, 0.15) is 53.7 Å². The first-order chi connectivity index (χ1) is 15.4. The molecule has 10 heteroatoms. The van der Waals surface area contributed by atoms with Gasteiger partial charge >= 0.3 is 6.36 Å². The maximum Gasteiger partial charge on any atom is 0.573 e. The highest BCUT2D eigenvalue weighted by Crippen LogP contribution is 2.40. The summed E-state index contributed by atoms with van der Waals surface area (Å²) < 4.78 is 57.3. The Hall–Kier alpha value is -3.56. The molecular formula is C23H22F4N2O4. The van der Waals surface area contributed by atoms with Crippen LogP contribution in [0, 0.1) is 12.7 Å². The number of primary amides is 1. The Labute approximate surface area is 186 Å². The highest BCUT2D eigenvalue weighted by atomic mass is 19.4. The zero-order valence-corrected chi connectivity index (χ0v) is 17.9. The Kier molecular flexibility index (Phi) is 6.66. The summed E-state index contributed by atoms with van der Waals surface area (Å²) in [6.45, 7) is 3.45. The molecule has 0 aliphatic rings. The summed E-state index contributed by atoms with van der Waals surface area (Å²) in [4.78, 5) is 24.6. The normalized spacial score (nSPS) is 12.7. The fourth-order valence-electron chi connectivity index (χ4n) is 4.04. The van der Waals surface area contributed by atoms with Crippen molar-refractivity contribution in [2.75, 3.05) is 0 Å². The Morgan fingerprint density at radius 2 is 1.79 bits per heavy atom. The van der Waals surface area contributed by atoms with E-state index < -0.39 is 35.5 Å². The average Bonchev–Trinajstić information content (AvgIpc) is 3.03. The number of phenolic OH excluding ortho intramolecular Hbond substituents is 1. The fraction of sp³-hybridized carbons (Fsp3) is 0.304. The van der Waals surface area contributed by atoms with E-state index in [9.17, 15) is 27.9 Å². The fourth-order valence-corrected chi connectivity index (χ4v) is 4.04. The Balaban J connectivity index is 2.13. The van der Waals surface area contributed by atoms with Crippen molar-refractivity contribution in [3.63, 3.8) is 0 Å². The molecule has 1 atom stereocenters. The van der Waals surface area contributed by atoms with Crippen molar-refractivity contribution in [2.24, 2.45) is 5.73 Å². The molecule has 0 spiro atoms. The van der Waals surface area contributed by atoms with Crippen molar-refractivity contribution < 1.29 is 37.0 Å². The summed E-state index contributed by atoms with van der Waals surface area (Å²) in [6, 6.07) is 6.89. The van der Waals surface area contributed by atoms with Gasteiger partial charge in [0.15, 0.2) is 11.6 Å². The van der Waals surface area contributed by atoms with Crippen molar-refractivity contribution >= 4 is 22.7 Å². The van der Waals surface area contributed by atoms with Gasteiger partial charge in [-0.2, -0.15) is 0 Å². The molecule has 6 nitrogen and oxygen atoms in total. The molecule has 1 aromatic heterocycles. The minimum absolute atomic E-state index is 0.0502. The SMILES string of the molecule is CC[C@@H](CCC(N)=O)c1c(C)n(C(=O)c2ccc(OC(F)(F)F)cc2)c2ccc(O)c(F)c12. The van der Waals surface area contributed by atoms with E-state index in [-0.39, 0.29) is 28.8 Å². The molecule has 0 bridgehead atoms. The molecule has 3 N–H and O–H groups in total. The molecule has 1 heterocycles. The second-order valence-corrected chi connectivity index (χ2v) is 7.61. The Morgan fingerprint density at radius 1 is 1.15 bits per heavy atom. The Morgan fingerprint density at radius 3 is 2.33 bits per heavy atom. The second kappa shape index (κ2) is 9.13. The number of aromatic hydroxyl groups is 1. The van der Waals surface area contributed by atoms with Crippen molar-refractivity contribution in [1.82, 2.24) is 4.57 Å². The summed E-state index contributed by atoms with van der Waals surface area (Å²) in [6.07, 6.45) is -3.98. The van der Waals surface area contributed by atoms with Crippen LogP contribution in [0.5, 0.6) is 11.5 Å². The molecule has 0 fully saturated rings. The third-order valence-corrected chi connectivity index (χ3v) is 5.51. The van der Waals surface area contributed by atoms with Crippen LogP contribution < -0.4 is 10.5 Å². The molecule has 0 radical (unpaired) electrons. The van der Waals surface area contributed by atoms with E-state index in [1.54, 1.807) is 6.92 Å². The number of ether oxygens (including phenoxy) is 1. The molecule has 176 valence electrons. The standard InChI is InChI=1S/C23H22F4N2O4/c1-3-13(6-11-18(28)31)19-12(2)29(16-9-10-17(30)21(24)20(16)19)22(32)14-4-7-15(8-5-14)33-23(25,26)27/h4-5,7-10,13,30H,3,6,11H2,1-2H3,(H2,28,31)/t13-/m0/s1. The van der Waals surface area contributed by atoms with Gasteiger partial charge in [0.1, 0.15) is 5.75 Å². The number of rotatable bonds is 7. The number of fused-ring (bicyclic) bond motifs is 1. The molecule has 2 aromatic carbocycles. The van der Waals surface area contributed by atoms with Crippen LogP contribution in [0.3, 0.4) is 0 Å². The molecule has 3 rings (SSSR count). The van der Waals surface area contributed by atoms with Gasteiger partial charge in [0.2, 0.25) is 5.91 Å². The molecule has 0 saturated carbocycles. The van der Waals surface area contributed by atoms with Crippen molar-refractivity contribution in [3.05, 3.63) is 59.0 Å². The number of nitrogens with two attached hydrogens (primary N) is 1. The maximum absolute atomic E-state index is 15.0. The third-order valence-electron chi connectivity index (χ3n) is 5.51. The van der Waals surface area contributed by atoms with E-state index in [2.05, 4.69) is 4.74 Å². The van der Waals surface area contributed by atoms with Gasteiger partial charge in [-0.15, -0.1) is 13.2 Å². The maximum atomic E-state index is 15.0. The highest BCUT2D eigenvalue weighted by molar-refractivity contribution is 6.04. The minimum Gasteiger partial charge on any atom is -0.505 e. The van der Waals surface area contributed by atoms with Gasteiger partial charge < -0.3 is 15.6 Å². The zero-order valence-electron chi connectivity index (χ0n) is 17.9. The number of phenols is 1.